The number of aryl methyl sites for hydroxylation is 1. The van der Waals surface area contributed by atoms with Gasteiger partial charge in [-0.2, -0.15) is 13.2 Å². The van der Waals surface area contributed by atoms with Crippen LogP contribution in [-0.2, 0) is 13.0 Å². The Balaban J connectivity index is 1.68. The van der Waals surface area contributed by atoms with Crippen LogP contribution in [-0.4, -0.2) is 36.1 Å². The maximum atomic E-state index is 12.6. The molecule has 3 rings (SSSR count). The summed E-state index contributed by atoms with van der Waals surface area (Å²) >= 11 is 1.67. The molecule has 0 aliphatic carbocycles. The monoisotopic (exact) mass is 397 g/mol. The van der Waals surface area contributed by atoms with Crippen molar-refractivity contribution >= 4 is 29.0 Å². The maximum absolute atomic E-state index is 12.6. The van der Waals surface area contributed by atoms with Gasteiger partial charge in [0.05, 0.1) is 0 Å². The minimum Gasteiger partial charge on any atom is -0.343 e. The molecule has 0 atom stereocenters. The number of carbonyl (C=O) groups is 2. The number of benzene rings is 1. The summed E-state index contributed by atoms with van der Waals surface area (Å²) in [7, 11) is 0. The van der Waals surface area contributed by atoms with Gasteiger partial charge in [-0.3, -0.25) is 4.79 Å². The molecule has 144 valence electrons. The Morgan fingerprint density at radius 1 is 1.26 bits per heavy atom. The quantitative estimate of drug-likeness (QED) is 0.824. The molecule has 2 aromatic rings. The van der Waals surface area contributed by atoms with Gasteiger partial charge in [0, 0.05) is 29.2 Å². The zero-order valence-corrected chi connectivity index (χ0v) is 15.3. The van der Waals surface area contributed by atoms with Crippen molar-refractivity contribution in [3.8, 4) is 0 Å². The second-order valence-electron chi connectivity index (χ2n) is 6.30. The first-order chi connectivity index (χ1) is 12.7. The van der Waals surface area contributed by atoms with Gasteiger partial charge in [0.2, 0.25) is 0 Å². The summed E-state index contributed by atoms with van der Waals surface area (Å²) in [5, 5.41) is 6.58. The summed E-state index contributed by atoms with van der Waals surface area (Å²) in [6, 6.07) is 6.10. The van der Waals surface area contributed by atoms with E-state index in [4.69, 9.17) is 0 Å². The first-order valence-corrected chi connectivity index (χ1v) is 9.17. The molecular weight excluding hydrogens is 379 g/mol. The Hall–Kier alpha value is -2.55. The molecule has 0 unspecified atom stereocenters. The van der Waals surface area contributed by atoms with Gasteiger partial charge in [0.15, 0.2) is 0 Å². The summed E-state index contributed by atoms with van der Waals surface area (Å²) in [5.41, 5.74) is 2.29. The van der Waals surface area contributed by atoms with Gasteiger partial charge in [0.1, 0.15) is 6.54 Å². The van der Waals surface area contributed by atoms with Crippen LogP contribution in [0.3, 0.4) is 0 Å². The van der Waals surface area contributed by atoms with Crippen LogP contribution in [0.25, 0.3) is 0 Å². The number of nitrogens with one attached hydrogen (secondary N) is 2. The number of fused-ring (bicyclic) bond motifs is 1. The fourth-order valence-corrected chi connectivity index (χ4v) is 3.69. The van der Waals surface area contributed by atoms with Gasteiger partial charge in [-0.15, -0.1) is 11.3 Å². The molecule has 27 heavy (non-hydrogen) atoms. The van der Waals surface area contributed by atoms with Crippen molar-refractivity contribution in [1.29, 1.82) is 0 Å². The van der Waals surface area contributed by atoms with Crippen molar-refractivity contribution in [3.05, 3.63) is 51.2 Å². The Bertz CT molecular complexity index is 864. The lowest BCUT2D eigenvalue weighted by Crippen LogP contribution is -2.38. The second kappa shape index (κ2) is 7.59. The van der Waals surface area contributed by atoms with E-state index in [1.165, 1.54) is 17.0 Å². The Labute approximate surface area is 158 Å². The molecule has 1 aliphatic rings. The fraction of sp³-hybridized carbons (Fsp3) is 0.333. The first-order valence-electron chi connectivity index (χ1n) is 8.30. The zero-order chi connectivity index (χ0) is 19.6. The van der Waals surface area contributed by atoms with Gasteiger partial charge in [0.25, 0.3) is 5.91 Å². The van der Waals surface area contributed by atoms with E-state index in [0.717, 1.165) is 12.0 Å². The van der Waals surface area contributed by atoms with E-state index in [2.05, 4.69) is 5.32 Å². The molecule has 0 saturated heterocycles. The number of halogens is 3. The van der Waals surface area contributed by atoms with Crippen LogP contribution in [0.1, 0.15) is 26.4 Å². The van der Waals surface area contributed by atoms with E-state index in [-0.39, 0.29) is 11.6 Å². The van der Waals surface area contributed by atoms with Crippen molar-refractivity contribution in [2.75, 3.05) is 18.4 Å². The standard InChI is InChI=1S/C18H18F3N3O2S/c1-11-2-3-12(16(25)22-10-18(19,20)21)8-14(11)23-17(26)24-6-4-15-13(9-24)5-7-27-15/h2-3,5,7-8H,4,6,9-10H2,1H3,(H,22,25)(H,23,26). The summed E-state index contributed by atoms with van der Waals surface area (Å²) in [6.07, 6.45) is -3.69. The predicted molar refractivity (Wildman–Crippen MR) is 97.0 cm³/mol. The Morgan fingerprint density at radius 2 is 2.04 bits per heavy atom. The number of hydrogen-bond donors (Lipinski definition) is 2. The molecule has 0 radical (unpaired) electrons. The fourth-order valence-electron chi connectivity index (χ4n) is 2.80. The summed E-state index contributed by atoms with van der Waals surface area (Å²) in [4.78, 5) is 27.4. The molecular formula is C18H18F3N3O2S. The van der Waals surface area contributed by atoms with Gasteiger partial charge >= 0.3 is 12.2 Å². The van der Waals surface area contributed by atoms with Crippen molar-refractivity contribution in [1.82, 2.24) is 10.2 Å². The molecule has 0 spiro atoms. The molecule has 1 aromatic carbocycles. The van der Waals surface area contributed by atoms with Crippen LogP contribution >= 0.6 is 11.3 Å². The summed E-state index contributed by atoms with van der Waals surface area (Å²) in [5.74, 6) is -0.844. The number of amides is 3. The molecule has 0 fully saturated rings. The van der Waals surface area contributed by atoms with E-state index in [1.54, 1.807) is 29.2 Å². The number of hydrogen-bond acceptors (Lipinski definition) is 3. The Kier molecular flexibility index (Phi) is 5.41. The second-order valence-corrected chi connectivity index (χ2v) is 7.30. The minimum atomic E-state index is -4.48. The van der Waals surface area contributed by atoms with E-state index < -0.39 is 18.6 Å². The highest BCUT2D eigenvalue weighted by molar-refractivity contribution is 7.10. The molecule has 0 bridgehead atoms. The van der Waals surface area contributed by atoms with Crippen LogP contribution in [0, 0.1) is 6.92 Å². The maximum Gasteiger partial charge on any atom is 0.405 e. The largest absolute Gasteiger partial charge is 0.405 e. The van der Waals surface area contributed by atoms with Crippen LogP contribution in [0.15, 0.2) is 29.6 Å². The highest BCUT2D eigenvalue weighted by Gasteiger charge is 2.28. The van der Waals surface area contributed by atoms with Crippen LogP contribution in [0.5, 0.6) is 0 Å². The first kappa shape index (κ1) is 19.2. The molecule has 1 aliphatic heterocycles. The lowest BCUT2D eigenvalue weighted by atomic mass is 10.1. The highest BCUT2D eigenvalue weighted by Crippen LogP contribution is 2.25. The third kappa shape index (κ3) is 4.79. The molecule has 1 aromatic heterocycles. The van der Waals surface area contributed by atoms with E-state index in [1.807, 2.05) is 16.8 Å². The van der Waals surface area contributed by atoms with Crippen molar-refractivity contribution in [2.24, 2.45) is 0 Å². The number of thiophene rings is 1. The predicted octanol–water partition coefficient (Wildman–Crippen LogP) is 3.94. The topological polar surface area (TPSA) is 61.4 Å². The van der Waals surface area contributed by atoms with Crippen molar-refractivity contribution < 1.29 is 22.8 Å². The Morgan fingerprint density at radius 3 is 2.78 bits per heavy atom. The average Bonchev–Trinajstić information content (AvgIpc) is 3.08. The smallest absolute Gasteiger partial charge is 0.343 e. The van der Waals surface area contributed by atoms with Gasteiger partial charge in [-0.1, -0.05) is 6.07 Å². The lowest BCUT2D eigenvalue weighted by Gasteiger charge is -2.27. The highest BCUT2D eigenvalue weighted by atomic mass is 32.1. The van der Waals surface area contributed by atoms with Gasteiger partial charge in [-0.25, -0.2) is 4.79 Å². The van der Waals surface area contributed by atoms with Crippen molar-refractivity contribution in [3.63, 3.8) is 0 Å². The summed E-state index contributed by atoms with van der Waals surface area (Å²) < 4.78 is 36.8. The SMILES string of the molecule is Cc1ccc(C(=O)NCC(F)(F)F)cc1NC(=O)N1CCc2sccc2C1. The van der Waals surface area contributed by atoms with E-state index >= 15 is 0 Å². The molecule has 5 nitrogen and oxygen atoms in total. The number of carbonyl (C=O) groups excluding carboxylic acids is 2. The average molecular weight is 397 g/mol. The normalized spacial score (nSPS) is 13.9. The third-order valence-corrected chi connectivity index (χ3v) is 5.31. The van der Waals surface area contributed by atoms with Crippen LogP contribution in [0.4, 0.5) is 23.7 Å². The van der Waals surface area contributed by atoms with Crippen LogP contribution < -0.4 is 10.6 Å². The molecule has 2 heterocycles. The third-order valence-electron chi connectivity index (χ3n) is 4.29. The lowest BCUT2D eigenvalue weighted by molar-refractivity contribution is -0.123. The number of urea groups is 1. The molecule has 3 amide bonds. The summed E-state index contributed by atoms with van der Waals surface area (Å²) in [6.45, 7) is 1.44. The van der Waals surface area contributed by atoms with E-state index in [0.29, 0.717) is 24.3 Å². The molecule has 2 N–H and O–H groups in total. The zero-order valence-electron chi connectivity index (χ0n) is 14.5. The number of alkyl halides is 3. The van der Waals surface area contributed by atoms with Crippen LogP contribution in [0.2, 0.25) is 0 Å². The molecule has 9 heteroatoms. The molecule has 0 saturated carbocycles. The number of anilines is 1. The van der Waals surface area contributed by atoms with Gasteiger partial charge in [-0.05, 0) is 48.1 Å². The number of nitrogens with zero attached hydrogens (tertiary/aromatic N) is 1. The van der Waals surface area contributed by atoms with Gasteiger partial charge < -0.3 is 15.5 Å². The number of rotatable bonds is 3. The minimum absolute atomic E-state index is 0.0546. The van der Waals surface area contributed by atoms with Crippen molar-refractivity contribution in [2.45, 2.75) is 26.1 Å². The van der Waals surface area contributed by atoms with E-state index in [9.17, 15) is 22.8 Å².